The van der Waals surface area contributed by atoms with Gasteiger partial charge in [-0.05, 0) is 43.2 Å². The number of primary amides is 1. The van der Waals surface area contributed by atoms with Gasteiger partial charge in [0.05, 0.1) is 10.4 Å². The van der Waals surface area contributed by atoms with Gasteiger partial charge in [-0.15, -0.1) is 21.5 Å². The number of aromatic nitrogens is 2. The van der Waals surface area contributed by atoms with Gasteiger partial charge in [0.15, 0.2) is 6.61 Å². The van der Waals surface area contributed by atoms with Gasteiger partial charge < -0.3 is 20.2 Å². The first-order chi connectivity index (χ1) is 13.0. The molecular formula is C18H18N4O4S. The van der Waals surface area contributed by atoms with E-state index in [4.69, 9.17) is 14.9 Å². The van der Waals surface area contributed by atoms with Gasteiger partial charge >= 0.3 is 12.0 Å². The Labute approximate surface area is 159 Å². The number of urea groups is 1. The molecule has 0 aliphatic rings. The molecule has 2 heterocycles. The van der Waals surface area contributed by atoms with Gasteiger partial charge in [-0.3, -0.25) is 0 Å². The molecule has 2 amide bonds. The highest BCUT2D eigenvalue weighted by molar-refractivity contribution is 7.15. The average Bonchev–Trinajstić information content (AvgIpc) is 3.25. The maximum Gasteiger partial charge on any atom is 0.338 e. The van der Waals surface area contributed by atoms with Crippen LogP contribution in [0.5, 0.6) is 0 Å². The van der Waals surface area contributed by atoms with E-state index in [9.17, 15) is 9.59 Å². The summed E-state index contributed by atoms with van der Waals surface area (Å²) in [5.41, 5.74) is 6.92. The van der Waals surface area contributed by atoms with Gasteiger partial charge in [-0.25, -0.2) is 9.59 Å². The van der Waals surface area contributed by atoms with Crippen LogP contribution >= 0.6 is 11.3 Å². The first-order valence-electron chi connectivity index (χ1n) is 8.22. The molecule has 0 radical (unpaired) electrons. The Bertz CT molecular complexity index is 979. The zero-order valence-electron chi connectivity index (χ0n) is 14.8. The van der Waals surface area contributed by atoms with E-state index in [-0.39, 0.29) is 18.1 Å². The molecule has 0 spiro atoms. The minimum Gasteiger partial charge on any atom is -0.452 e. The molecule has 3 N–H and O–H groups in total. The number of carbonyl (C=O) groups excluding carboxylic acids is 2. The molecule has 0 aliphatic heterocycles. The normalized spacial score (nSPS) is 10.6. The van der Waals surface area contributed by atoms with Crippen LogP contribution in [0.4, 0.5) is 10.5 Å². The van der Waals surface area contributed by atoms with Crippen molar-refractivity contribution in [2.75, 3.05) is 5.32 Å². The number of benzene rings is 1. The van der Waals surface area contributed by atoms with Gasteiger partial charge in [-0.1, -0.05) is 13.0 Å². The minimum absolute atomic E-state index is 0.149. The molecule has 27 heavy (non-hydrogen) atoms. The zero-order valence-corrected chi connectivity index (χ0v) is 15.6. The van der Waals surface area contributed by atoms with Crippen LogP contribution in [0.25, 0.3) is 10.8 Å². The maximum absolute atomic E-state index is 12.2. The quantitative estimate of drug-likeness (QED) is 0.625. The lowest BCUT2D eigenvalue weighted by Gasteiger charge is -2.05. The number of carbonyl (C=O) groups is 2. The molecule has 0 unspecified atom stereocenters. The number of nitrogens with one attached hydrogen (secondary N) is 1. The van der Waals surface area contributed by atoms with Gasteiger partial charge in [0, 0.05) is 10.6 Å². The lowest BCUT2D eigenvalue weighted by molar-refractivity contribution is 0.0438. The summed E-state index contributed by atoms with van der Waals surface area (Å²) in [4.78, 5) is 25.2. The third-order valence-electron chi connectivity index (χ3n) is 3.71. The number of thiophene rings is 1. The third kappa shape index (κ3) is 4.50. The largest absolute Gasteiger partial charge is 0.452 e. The van der Waals surface area contributed by atoms with Gasteiger partial charge in [0.1, 0.15) is 0 Å². The van der Waals surface area contributed by atoms with Gasteiger partial charge in [0.25, 0.3) is 11.8 Å². The third-order valence-corrected chi connectivity index (χ3v) is 5.08. The van der Waals surface area contributed by atoms with E-state index in [0.717, 1.165) is 11.3 Å². The van der Waals surface area contributed by atoms with Gasteiger partial charge in [0.2, 0.25) is 0 Å². The van der Waals surface area contributed by atoms with Crippen molar-refractivity contribution in [2.24, 2.45) is 5.73 Å². The number of hydrogen-bond donors (Lipinski definition) is 2. The second-order valence-electron chi connectivity index (χ2n) is 5.72. The maximum atomic E-state index is 12.2. The average molecular weight is 386 g/mol. The van der Waals surface area contributed by atoms with Crippen molar-refractivity contribution in [3.8, 4) is 10.8 Å². The number of ether oxygens (including phenoxy) is 1. The zero-order chi connectivity index (χ0) is 19.4. The molecule has 3 aromatic rings. The number of rotatable bonds is 6. The van der Waals surface area contributed by atoms with E-state index in [1.54, 1.807) is 29.5 Å². The highest BCUT2D eigenvalue weighted by Gasteiger charge is 2.15. The Balaban J connectivity index is 1.64. The SMILES string of the molecule is CCc1sc(-c2nnc(COC(=O)c3cccc(NC(N)=O)c3)o2)cc1C. The predicted molar refractivity (Wildman–Crippen MR) is 100 cm³/mol. The number of amides is 2. The number of nitrogens with two attached hydrogens (primary N) is 1. The van der Waals surface area contributed by atoms with E-state index < -0.39 is 12.0 Å². The highest BCUT2D eigenvalue weighted by Crippen LogP contribution is 2.30. The van der Waals surface area contributed by atoms with Gasteiger partial charge in [-0.2, -0.15) is 0 Å². The molecule has 3 rings (SSSR count). The fraction of sp³-hybridized carbons (Fsp3) is 0.222. The Morgan fingerprint density at radius 2 is 2.11 bits per heavy atom. The van der Waals surface area contributed by atoms with Crippen LogP contribution in [-0.2, 0) is 17.8 Å². The number of esters is 1. The Kier molecular flexibility index (Phi) is 5.51. The van der Waals surface area contributed by atoms with Crippen LogP contribution in [0.15, 0.2) is 34.7 Å². The molecule has 0 saturated carbocycles. The van der Waals surface area contributed by atoms with Crippen molar-refractivity contribution in [3.63, 3.8) is 0 Å². The Hall–Kier alpha value is -3.20. The van der Waals surface area contributed by atoms with E-state index in [2.05, 4.69) is 22.4 Å². The van der Waals surface area contributed by atoms with Crippen molar-refractivity contribution < 1.29 is 18.7 Å². The fourth-order valence-electron chi connectivity index (χ4n) is 2.46. The molecule has 1 aromatic carbocycles. The van der Waals surface area contributed by atoms with Crippen molar-refractivity contribution in [1.29, 1.82) is 0 Å². The standard InChI is InChI=1S/C18H18N4O4S/c1-3-13-10(2)7-14(27-13)16-22-21-15(26-16)9-25-17(23)11-5-4-6-12(8-11)20-18(19)24/h4-8H,3,9H2,1-2H3,(H3,19,20,24). The second-order valence-corrected chi connectivity index (χ2v) is 6.85. The molecular weight excluding hydrogens is 368 g/mol. The lowest BCUT2D eigenvalue weighted by atomic mass is 10.2. The Morgan fingerprint density at radius 3 is 2.81 bits per heavy atom. The first kappa shape index (κ1) is 18.6. The molecule has 0 saturated heterocycles. The summed E-state index contributed by atoms with van der Waals surface area (Å²) in [5, 5.41) is 10.3. The number of nitrogens with zero attached hydrogens (tertiary/aromatic N) is 2. The van der Waals surface area contributed by atoms with Crippen molar-refractivity contribution in [2.45, 2.75) is 26.9 Å². The highest BCUT2D eigenvalue weighted by atomic mass is 32.1. The number of hydrogen-bond acceptors (Lipinski definition) is 7. The summed E-state index contributed by atoms with van der Waals surface area (Å²) in [7, 11) is 0. The predicted octanol–water partition coefficient (Wildman–Crippen LogP) is 3.52. The van der Waals surface area contributed by atoms with E-state index in [1.165, 1.54) is 16.5 Å². The molecule has 8 nitrogen and oxygen atoms in total. The van der Waals surface area contributed by atoms with Crippen LogP contribution in [-0.4, -0.2) is 22.2 Å². The molecule has 9 heteroatoms. The van der Waals surface area contributed by atoms with Crippen LogP contribution in [0.3, 0.4) is 0 Å². The topological polar surface area (TPSA) is 120 Å². The molecule has 2 aromatic heterocycles. The van der Waals surface area contributed by atoms with E-state index >= 15 is 0 Å². The van der Waals surface area contributed by atoms with Crippen LogP contribution < -0.4 is 11.1 Å². The molecule has 0 atom stereocenters. The van der Waals surface area contributed by atoms with Crippen molar-refractivity contribution in [3.05, 3.63) is 52.2 Å². The van der Waals surface area contributed by atoms with Crippen molar-refractivity contribution >= 4 is 29.0 Å². The summed E-state index contributed by atoms with van der Waals surface area (Å²) in [6.45, 7) is 3.98. The smallest absolute Gasteiger partial charge is 0.338 e. The minimum atomic E-state index is -0.714. The lowest BCUT2D eigenvalue weighted by Crippen LogP contribution is -2.19. The number of anilines is 1. The van der Waals surface area contributed by atoms with E-state index in [0.29, 0.717) is 11.6 Å². The van der Waals surface area contributed by atoms with Crippen LogP contribution in [0, 0.1) is 6.92 Å². The summed E-state index contributed by atoms with van der Waals surface area (Å²) in [5.74, 6) is 0.0264. The summed E-state index contributed by atoms with van der Waals surface area (Å²) in [6, 6.07) is 7.54. The summed E-state index contributed by atoms with van der Waals surface area (Å²) < 4.78 is 10.8. The molecule has 0 aliphatic carbocycles. The number of aryl methyl sites for hydroxylation is 2. The van der Waals surface area contributed by atoms with Crippen molar-refractivity contribution in [1.82, 2.24) is 10.2 Å². The summed E-state index contributed by atoms with van der Waals surface area (Å²) >= 11 is 1.60. The molecule has 0 fully saturated rings. The second kappa shape index (κ2) is 8.00. The summed E-state index contributed by atoms with van der Waals surface area (Å²) in [6.07, 6.45) is 0.943. The monoisotopic (exact) mass is 386 g/mol. The fourth-order valence-corrected chi connectivity index (χ4v) is 3.50. The molecule has 140 valence electrons. The molecule has 0 bridgehead atoms. The van der Waals surface area contributed by atoms with E-state index in [1.807, 2.05) is 13.0 Å². The van der Waals surface area contributed by atoms with Crippen LogP contribution in [0.1, 0.15) is 33.6 Å². The van der Waals surface area contributed by atoms with Crippen LogP contribution in [0.2, 0.25) is 0 Å². The first-order valence-corrected chi connectivity index (χ1v) is 9.03. The Morgan fingerprint density at radius 1 is 1.30 bits per heavy atom.